The van der Waals surface area contributed by atoms with E-state index >= 15 is 0 Å². The molecule has 0 fully saturated rings. The van der Waals surface area contributed by atoms with Gasteiger partial charge in [0.2, 0.25) is 12.3 Å². The van der Waals surface area contributed by atoms with Gasteiger partial charge in [0.15, 0.2) is 0 Å². The van der Waals surface area contributed by atoms with Crippen LogP contribution in [-0.4, -0.2) is 21.1 Å². The Morgan fingerprint density at radius 1 is 1.30 bits per heavy atom. The molecule has 7 heteroatoms. The zero-order valence-electron chi connectivity index (χ0n) is 12.9. The molecule has 6 nitrogen and oxygen atoms in total. The van der Waals surface area contributed by atoms with Gasteiger partial charge in [-0.2, -0.15) is 0 Å². The van der Waals surface area contributed by atoms with Gasteiger partial charge in [0.25, 0.3) is 5.91 Å². The standard InChI is InChI=1S/C16H16N4O2S/c1-3-4-13-18-10(2)14(23-13)15(21)19-12-7-5-11(6-8-12)16-20-17-9-22-16/h5-9H,3-4H2,1-2H3,(H,19,21). The lowest BCUT2D eigenvalue weighted by Crippen LogP contribution is -2.11. The maximum Gasteiger partial charge on any atom is 0.267 e. The van der Waals surface area contributed by atoms with Crippen molar-refractivity contribution in [2.45, 2.75) is 26.7 Å². The number of aryl methyl sites for hydroxylation is 2. The normalized spacial score (nSPS) is 10.7. The van der Waals surface area contributed by atoms with E-state index in [2.05, 4.69) is 27.4 Å². The van der Waals surface area contributed by atoms with Gasteiger partial charge in [-0.3, -0.25) is 4.79 Å². The smallest absolute Gasteiger partial charge is 0.267 e. The van der Waals surface area contributed by atoms with E-state index < -0.39 is 0 Å². The molecule has 0 aliphatic rings. The van der Waals surface area contributed by atoms with Crippen molar-refractivity contribution in [1.82, 2.24) is 15.2 Å². The zero-order chi connectivity index (χ0) is 16.2. The second-order valence-electron chi connectivity index (χ2n) is 5.05. The fraction of sp³-hybridized carbons (Fsp3) is 0.250. The number of rotatable bonds is 5. The Labute approximate surface area is 137 Å². The van der Waals surface area contributed by atoms with Crippen LogP contribution in [-0.2, 0) is 6.42 Å². The molecule has 0 atom stereocenters. The van der Waals surface area contributed by atoms with Crippen LogP contribution in [0.3, 0.4) is 0 Å². The second-order valence-corrected chi connectivity index (χ2v) is 6.13. The van der Waals surface area contributed by atoms with E-state index in [1.165, 1.54) is 17.7 Å². The van der Waals surface area contributed by atoms with Crippen molar-refractivity contribution in [3.8, 4) is 11.5 Å². The van der Waals surface area contributed by atoms with Crippen LogP contribution in [0.15, 0.2) is 35.1 Å². The van der Waals surface area contributed by atoms with Gasteiger partial charge >= 0.3 is 0 Å². The summed E-state index contributed by atoms with van der Waals surface area (Å²) >= 11 is 1.46. The molecule has 0 spiro atoms. The van der Waals surface area contributed by atoms with Crippen LogP contribution in [0.2, 0.25) is 0 Å². The molecule has 0 bridgehead atoms. The minimum absolute atomic E-state index is 0.132. The summed E-state index contributed by atoms with van der Waals surface area (Å²) in [5.41, 5.74) is 2.29. The van der Waals surface area contributed by atoms with Crippen molar-refractivity contribution in [1.29, 1.82) is 0 Å². The lowest BCUT2D eigenvalue weighted by atomic mass is 10.2. The van der Waals surface area contributed by atoms with Crippen LogP contribution >= 0.6 is 11.3 Å². The third-order valence-corrected chi connectivity index (χ3v) is 4.48. The molecule has 23 heavy (non-hydrogen) atoms. The number of benzene rings is 1. The Kier molecular flexibility index (Phi) is 4.47. The first-order chi connectivity index (χ1) is 11.2. The van der Waals surface area contributed by atoms with Crippen LogP contribution in [0.5, 0.6) is 0 Å². The summed E-state index contributed by atoms with van der Waals surface area (Å²) in [6.45, 7) is 3.96. The fourth-order valence-electron chi connectivity index (χ4n) is 2.17. The summed E-state index contributed by atoms with van der Waals surface area (Å²) in [5.74, 6) is 0.318. The molecular weight excluding hydrogens is 312 g/mol. The molecule has 0 radical (unpaired) electrons. The molecule has 2 heterocycles. The van der Waals surface area contributed by atoms with Crippen molar-refractivity contribution in [3.05, 3.63) is 46.2 Å². The molecule has 118 valence electrons. The van der Waals surface area contributed by atoms with E-state index in [0.717, 1.165) is 29.1 Å². The van der Waals surface area contributed by atoms with E-state index in [1.54, 1.807) is 12.1 Å². The minimum atomic E-state index is -0.132. The summed E-state index contributed by atoms with van der Waals surface area (Å²) in [6.07, 6.45) is 3.20. The average molecular weight is 328 g/mol. The Morgan fingerprint density at radius 2 is 2.09 bits per heavy atom. The Morgan fingerprint density at radius 3 is 2.74 bits per heavy atom. The van der Waals surface area contributed by atoms with E-state index in [4.69, 9.17) is 4.42 Å². The quantitative estimate of drug-likeness (QED) is 0.772. The number of hydrogen-bond donors (Lipinski definition) is 1. The summed E-state index contributed by atoms with van der Waals surface area (Å²) < 4.78 is 5.14. The van der Waals surface area contributed by atoms with Gasteiger partial charge in [-0.25, -0.2) is 4.98 Å². The average Bonchev–Trinajstić information content (AvgIpc) is 3.18. The summed E-state index contributed by atoms with van der Waals surface area (Å²) in [4.78, 5) is 17.5. The monoisotopic (exact) mass is 328 g/mol. The third kappa shape index (κ3) is 3.45. The van der Waals surface area contributed by atoms with E-state index in [0.29, 0.717) is 16.5 Å². The first kappa shape index (κ1) is 15.4. The largest absolute Gasteiger partial charge is 0.423 e. The van der Waals surface area contributed by atoms with Crippen molar-refractivity contribution in [2.75, 3.05) is 5.32 Å². The molecule has 0 aliphatic heterocycles. The van der Waals surface area contributed by atoms with Crippen LogP contribution < -0.4 is 5.32 Å². The minimum Gasteiger partial charge on any atom is -0.423 e. The first-order valence-corrected chi connectivity index (χ1v) is 8.13. The maximum atomic E-state index is 12.4. The van der Waals surface area contributed by atoms with Gasteiger partial charge in [0, 0.05) is 11.3 Å². The summed E-state index contributed by atoms with van der Waals surface area (Å²) in [7, 11) is 0. The Hall–Kier alpha value is -2.54. The van der Waals surface area contributed by atoms with Gasteiger partial charge in [-0.1, -0.05) is 6.92 Å². The van der Waals surface area contributed by atoms with Crippen LogP contribution in [0, 0.1) is 6.92 Å². The molecular formula is C16H16N4O2S. The lowest BCUT2D eigenvalue weighted by Gasteiger charge is -2.04. The van der Waals surface area contributed by atoms with Gasteiger partial charge < -0.3 is 9.73 Å². The van der Waals surface area contributed by atoms with Crippen LogP contribution in [0.1, 0.15) is 33.7 Å². The number of thiazole rings is 1. The second kappa shape index (κ2) is 6.70. The van der Waals surface area contributed by atoms with E-state index in [-0.39, 0.29) is 5.91 Å². The molecule has 1 N–H and O–H groups in total. The summed E-state index contributed by atoms with van der Waals surface area (Å²) in [5, 5.41) is 11.4. The highest BCUT2D eigenvalue weighted by Crippen LogP contribution is 2.22. The Balaban J connectivity index is 1.72. The predicted octanol–water partition coefficient (Wildman–Crippen LogP) is 3.71. The van der Waals surface area contributed by atoms with Crippen molar-refractivity contribution in [3.63, 3.8) is 0 Å². The molecule has 1 amide bonds. The fourth-order valence-corrected chi connectivity index (χ4v) is 3.23. The first-order valence-electron chi connectivity index (χ1n) is 7.31. The van der Waals surface area contributed by atoms with E-state index in [1.807, 2.05) is 19.1 Å². The topological polar surface area (TPSA) is 80.9 Å². The molecule has 3 aromatic rings. The lowest BCUT2D eigenvalue weighted by molar-refractivity contribution is 0.103. The molecule has 0 saturated carbocycles. The molecule has 0 saturated heterocycles. The van der Waals surface area contributed by atoms with Gasteiger partial charge in [-0.15, -0.1) is 21.5 Å². The number of aromatic nitrogens is 3. The van der Waals surface area contributed by atoms with Gasteiger partial charge in [0.1, 0.15) is 4.88 Å². The summed E-state index contributed by atoms with van der Waals surface area (Å²) in [6, 6.07) is 7.26. The number of nitrogens with zero attached hydrogens (tertiary/aromatic N) is 3. The number of nitrogens with one attached hydrogen (secondary N) is 1. The van der Waals surface area contributed by atoms with Crippen molar-refractivity contribution >= 4 is 22.9 Å². The maximum absolute atomic E-state index is 12.4. The van der Waals surface area contributed by atoms with Crippen LogP contribution in [0.4, 0.5) is 5.69 Å². The number of amides is 1. The molecule has 2 aromatic heterocycles. The number of hydrogen-bond acceptors (Lipinski definition) is 6. The van der Waals surface area contributed by atoms with Gasteiger partial charge in [-0.05, 0) is 44.0 Å². The third-order valence-electron chi connectivity index (χ3n) is 3.26. The molecule has 0 aliphatic carbocycles. The molecule has 0 unspecified atom stereocenters. The number of carbonyl (C=O) groups is 1. The SMILES string of the molecule is CCCc1nc(C)c(C(=O)Nc2ccc(-c3nnco3)cc2)s1. The van der Waals surface area contributed by atoms with E-state index in [9.17, 15) is 4.79 Å². The zero-order valence-corrected chi connectivity index (χ0v) is 13.7. The van der Waals surface area contributed by atoms with Crippen molar-refractivity contribution < 1.29 is 9.21 Å². The highest BCUT2D eigenvalue weighted by molar-refractivity contribution is 7.13. The Bertz CT molecular complexity index is 794. The highest BCUT2D eigenvalue weighted by atomic mass is 32.1. The molecule has 1 aromatic carbocycles. The molecule has 3 rings (SSSR count). The van der Waals surface area contributed by atoms with Crippen molar-refractivity contribution in [2.24, 2.45) is 0 Å². The highest BCUT2D eigenvalue weighted by Gasteiger charge is 2.15. The number of carbonyl (C=O) groups excluding carboxylic acids is 1. The van der Waals surface area contributed by atoms with Gasteiger partial charge in [0.05, 0.1) is 10.7 Å². The number of anilines is 1. The predicted molar refractivity (Wildman–Crippen MR) is 88.5 cm³/mol. The van der Waals surface area contributed by atoms with Crippen LogP contribution in [0.25, 0.3) is 11.5 Å².